The minimum absolute atomic E-state index is 0. The van der Waals surface area contributed by atoms with Gasteiger partial charge in [0, 0.05) is 67.0 Å². The van der Waals surface area contributed by atoms with Crippen LogP contribution in [0.5, 0.6) is 0 Å². The largest absolute Gasteiger partial charge is 0.304 e. The van der Waals surface area contributed by atoms with Crippen molar-refractivity contribution >= 4 is 42.3 Å². The van der Waals surface area contributed by atoms with Crippen LogP contribution in [0, 0.1) is 51.4 Å². The third-order valence-electron chi connectivity index (χ3n) is 8.64. The van der Waals surface area contributed by atoms with Crippen LogP contribution in [0.3, 0.4) is 0 Å². The fourth-order valence-corrected chi connectivity index (χ4v) is 7.58. The Hall–Kier alpha value is -3.76. The van der Waals surface area contributed by atoms with Gasteiger partial charge in [0.05, 0.1) is 0 Å². The molecule has 3 heterocycles. The van der Waals surface area contributed by atoms with E-state index in [0.29, 0.717) is 11.5 Å². The number of hydrogen-bond acceptors (Lipinski definition) is 3. The number of thiophene rings is 1. The topological polar surface area (TPSA) is 25.8 Å². The standard InChI is InChI=1S/C31H32NS.C13H11FN.Ir/c1-18(2)14-21-12-13-25-27-19(3)17-32-28(30(27)33-29(25)20(21)4)23-15-22-10-8-9-11-24(22)26(16-23)31(5,6)7;1-9-7-13(15-8-10(9)2)11-3-5-12(14)6-4-11;/h8-13,16-18H,14H2,1-7H3;3,5-8H,1-2H3;/q2*-1;/i;1D3,2D3;. The summed E-state index contributed by atoms with van der Waals surface area (Å²) in [6, 6.07) is 26.8. The molecule has 7 aromatic rings. The predicted octanol–water partition coefficient (Wildman–Crippen LogP) is 12.5. The third-order valence-corrected chi connectivity index (χ3v) is 9.97. The molecule has 253 valence electrons. The maximum atomic E-state index is 12.9. The van der Waals surface area contributed by atoms with Gasteiger partial charge in [-0.1, -0.05) is 87.5 Å². The SMILES string of the molecule is Cc1c(CC(C)C)ccc2c1sc1c(-c3[c-]c4ccccc4c(C(C)(C)C)c3)ncc(C)c12.[2H]C([2H])([2H])c1cnc(-c2[c-]cc(F)cc2)cc1C([2H])([2H])[2H].[Ir]. The van der Waals surface area contributed by atoms with Crippen molar-refractivity contribution < 1.29 is 32.7 Å². The van der Waals surface area contributed by atoms with Crippen molar-refractivity contribution in [1.82, 2.24) is 9.97 Å². The fourth-order valence-electron chi connectivity index (χ4n) is 6.18. The number of pyridine rings is 2. The summed E-state index contributed by atoms with van der Waals surface area (Å²) in [6.45, 7) is 10.8. The van der Waals surface area contributed by atoms with Crippen molar-refractivity contribution in [1.29, 1.82) is 0 Å². The van der Waals surface area contributed by atoms with E-state index in [1.54, 1.807) is 0 Å². The molecular formula is C44H43FIrN2S-2. The Kier molecular flexibility index (Phi) is 8.65. The number of aryl methyl sites for hydroxylation is 4. The van der Waals surface area contributed by atoms with E-state index in [9.17, 15) is 4.39 Å². The van der Waals surface area contributed by atoms with E-state index < -0.39 is 19.5 Å². The van der Waals surface area contributed by atoms with Crippen LogP contribution < -0.4 is 0 Å². The van der Waals surface area contributed by atoms with Gasteiger partial charge in [0.25, 0.3) is 0 Å². The molecule has 0 amide bonds. The molecule has 2 nitrogen and oxygen atoms in total. The third kappa shape index (κ3) is 7.55. The first kappa shape index (κ1) is 29.0. The molecule has 0 fully saturated rings. The first-order valence-corrected chi connectivity index (χ1v) is 17.0. The van der Waals surface area contributed by atoms with Crippen LogP contribution in [-0.2, 0) is 31.9 Å². The van der Waals surface area contributed by atoms with E-state index in [0.717, 1.165) is 35.3 Å². The molecular weight excluding hydrogens is 800 g/mol. The van der Waals surface area contributed by atoms with E-state index in [1.165, 1.54) is 66.0 Å². The molecule has 3 aromatic heterocycles. The minimum Gasteiger partial charge on any atom is -0.304 e. The maximum Gasteiger partial charge on any atom is 0.0381 e. The van der Waals surface area contributed by atoms with Crippen LogP contribution in [0.4, 0.5) is 4.39 Å². The van der Waals surface area contributed by atoms with Crippen molar-refractivity contribution in [2.24, 2.45) is 5.92 Å². The summed E-state index contributed by atoms with van der Waals surface area (Å²) >= 11 is 1.90. The second-order valence-electron chi connectivity index (χ2n) is 13.8. The van der Waals surface area contributed by atoms with Gasteiger partial charge in [-0.05, 0) is 78.6 Å². The monoisotopic (exact) mass is 849 g/mol. The molecule has 7 rings (SSSR count). The van der Waals surface area contributed by atoms with Gasteiger partial charge < -0.3 is 4.98 Å². The first-order valence-electron chi connectivity index (χ1n) is 19.2. The molecule has 0 aliphatic rings. The van der Waals surface area contributed by atoms with Gasteiger partial charge in [0.1, 0.15) is 0 Å². The Morgan fingerprint density at radius 1 is 0.857 bits per heavy atom. The van der Waals surface area contributed by atoms with E-state index in [4.69, 9.17) is 13.2 Å². The second-order valence-corrected chi connectivity index (χ2v) is 14.9. The van der Waals surface area contributed by atoms with Crippen LogP contribution in [0.2, 0.25) is 0 Å². The van der Waals surface area contributed by atoms with Gasteiger partial charge in [-0.25, -0.2) is 0 Å². The van der Waals surface area contributed by atoms with Crippen molar-refractivity contribution in [3.8, 4) is 22.5 Å². The zero-order chi connectivity index (χ0) is 39.3. The summed E-state index contributed by atoms with van der Waals surface area (Å²) in [5, 5.41) is 5.14. The first-order chi connectivity index (χ1) is 25.2. The number of rotatable bonds is 4. The number of aromatic nitrogens is 2. The molecule has 0 saturated heterocycles. The summed E-state index contributed by atoms with van der Waals surface area (Å²) in [6.07, 6.45) is 4.19. The zero-order valence-electron chi connectivity index (χ0n) is 34.8. The molecule has 5 heteroatoms. The van der Waals surface area contributed by atoms with Crippen LogP contribution in [-0.4, -0.2) is 9.97 Å². The van der Waals surface area contributed by atoms with Gasteiger partial charge in [0.15, 0.2) is 0 Å². The number of fused-ring (bicyclic) bond motifs is 4. The van der Waals surface area contributed by atoms with Crippen molar-refractivity contribution in [3.63, 3.8) is 0 Å². The second kappa shape index (κ2) is 14.6. The number of halogens is 1. The molecule has 0 aliphatic heterocycles. The molecule has 0 bridgehead atoms. The fraction of sp³-hybridized carbons (Fsp3) is 0.273. The van der Waals surface area contributed by atoms with E-state index >= 15 is 0 Å². The normalized spacial score (nSPS) is 13.9. The summed E-state index contributed by atoms with van der Waals surface area (Å²) in [7, 11) is 0. The van der Waals surface area contributed by atoms with Crippen LogP contribution in [0.15, 0.2) is 79.1 Å². The molecule has 0 atom stereocenters. The van der Waals surface area contributed by atoms with E-state index in [2.05, 4.69) is 108 Å². The van der Waals surface area contributed by atoms with Gasteiger partial charge >= 0.3 is 0 Å². The smallest absolute Gasteiger partial charge is 0.0381 e. The molecule has 49 heavy (non-hydrogen) atoms. The van der Waals surface area contributed by atoms with Crippen molar-refractivity contribution in [3.05, 3.63) is 130 Å². The van der Waals surface area contributed by atoms with Crippen molar-refractivity contribution in [2.75, 3.05) is 0 Å². The van der Waals surface area contributed by atoms with E-state index in [-0.39, 0.29) is 42.3 Å². The molecule has 1 radical (unpaired) electrons. The maximum absolute atomic E-state index is 12.9. The van der Waals surface area contributed by atoms with Gasteiger partial charge in [-0.3, -0.25) is 9.37 Å². The number of benzene rings is 4. The Balaban J connectivity index is 0.000000229. The predicted molar refractivity (Wildman–Crippen MR) is 204 cm³/mol. The average Bonchev–Trinajstić information content (AvgIpc) is 3.49. The quantitative estimate of drug-likeness (QED) is 0.165. The molecule has 0 N–H and O–H groups in total. The van der Waals surface area contributed by atoms with Gasteiger partial charge in [0.2, 0.25) is 0 Å². The van der Waals surface area contributed by atoms with Gasteiger partial charge in [-0.2, -0.15) is 0 Å². The average molecular weight is 849 g/mol. The van der Waals surface area contributed by atoms with Crippen LogP contribution in [0.1, 0.15) is 76.2 Å². The molecule has 0 unspecified atom stereocenters. The summed E-state index contributed by atoms with van der Waals surface area (Å²) in [4.78, 5) is 8.94. The Morgan fingerprint density at radius 2 is 1.61 bits per heavy atom. The molecule has 0 aliphatic carbocycles. The molecule has 0 saturated carbocycles. The van der Waals surface area contributed by atoms with Crippen LogP contribution >= 0.6 is 11.3 Å². The van der Waals surface area contributed by atoms with Crippen LogP contribution in [0.25, 0.3) is 53.5 Å². The Bertz CT molecular complexity index is 2500. The number of nitrogens with zero attached hydrogens (tertiary/aromatic N) is 2. The molecule has 0 spiro atoms. The minimum atomic E-state index is -2.58. The van der Waals surface area contributed by atoms with Crippen molar-refractivity contribution in [2.45, 2.75) is 74.0 Å². The summed E-state index contributed by atoms with van der Waals surface area (Å²) in [5.41, 5.74) is 7.68. The molecule has 4 aromatic carbocycles. The zero-order valence-corrected chi connectivity index (χ0v) is 32.0. The van der Waals surface area contributed by atoms with E-state index in [1.807, 2.05) is 17.5 Å². The summed E-state index contributed by atoms with van der Waals surface area (Å²) < 4.78 is 60.1. The Labute approximate surface area is 316 Å². The van der Waals surface area contributed by atoms with Gasteiger partial charge in [-0.15, -0.1) is 70.3 Å². The number of hydrogen-bond donors (Lipinski definition) is 0. The Morgan fingerprint density at radius 3 is 2.31 bits per heavy atom. The summed E-state index contributed by atoms with van der Waals surface area (Å²) in [5.74, 6) is 0.173.